The van der Waals surface area contributed by atoms with Gasteiger partial charge in [-0.05, 0) is 73.1 Å². The first kappa shape index (κ1) is 15.9. The van der Waals surface area contributed by atoms with Gasteiger partial charge in [-0.3, -0.25) is 0 Å². The van der Waals surface area contributed by atoms with Crippen molar-refractivity contribution in [2.24, 2.45) is 0 Å². The van der Waals surface area contributed by atoms with Crippen molar-refractivity contribution in [3.63, 3.8) is 0 Å². The number of rotatable bonds is 8. The minimum absolute atomic E-state index is 0.643. The molecule has 0 amide bonds. The van der Waals surface area contributed by atoms with Crippen molar-refractivity contribution < 1.29 is 0 Å². The standard InChI is InChI=1S/C15H33N3/c1-13(2)18(4)11-7-10-16-14(3)12-15-8-5-6-9-17-15/h13-17H,5-12H2,1-4H3. The molecule has 3 heteroatoms. The maximum atomic E-state index is 3.66. The van der Waals surface area contributed by atoms with Gasteiger partial charge in [-0.2, -0.15) is 0 Å². The molecule has 0 spiro atoms. The van der Waals surface area contributed by atoms with Gasteiger partial charge in [0.15, 0.2) is 0 Å². The maximum Gasteiger partial charge on any atom is 0.00817 e. The molecule has 0 aromatic carbocycles. The van der Waals surface area contributed by atoms with E-state index in [1.54, 1.807) is 0 Å². The molecule has 2 atom stereocenters. The Labute approximate surface area is 114 Å². The molecule has 1 fully saturated rings. The average Bonchev–Trinajstić information content (AvgIpc) is 2.35. The molecular weight excluding hydrogens is 222 g/mol. The molecule has 1 saturated heterocycles. The van der Waals surface area contributed by atoms with E-state index in [4.69, 9.17) is 0 Å². The van der Waals surface area contributed by atoms with Crippen LogP contribution in [0.25, 0.3) is 0 Å². The number of nitrogens with zero attached hydrogens (tertiary/aromatic N) is 1. The van der Waals surface area contributed by atoms with Crippen LogP contribution in [0.4, 0.5) is 0 Å². The minimum atomic E-state index is 0.643. The van der Waals surface area contributed by atoms with Crippen LogP contribution in [0.15, 0.2) is 0 Å². The number of piperidine rings is 1. The Balaban J connectivity index is 2.00. The minimum Gasteiger partial charge on any atom is -0.314 e. The van der Waals surface area contributed by atoms with Gasteiger partial charge < -0.3 is 15.5 Å². The van der Waals surface area contributed by atoms with Gasteiger partial charge in [0.05, 0.1) is 0 Å². The second-order valence-corrected chi connectivity index (χ2v) is 6.17. The van der Waals surface area contributed by atoms with Gasteiger partial charge in [-0.15, -0.1) is 0 Å². The molecule has 1 aliphatic heterocycles. The van der Waals surface area contributed by atoms with Crippen LogP contribution >= 0.6 is 0 Å². The zero-order valence-corrected chi connectivity index (χ0v) is 12.8. The highest BCUT2D eigenvalue weighted by molar-refractivity contribution is 4.77. The molecule has 0 saturated carbocycles. The van der Waals surface area contributed by atoms with Gasteiger partial charge in [0.2, 0.25) is 0 Å². The Morgan fingerprint density at radius 3 is 2.67 bits per heavy atom. The van der Waals surface area contributed by atoms with E-state index in [1.165, 1.54) is 45.2 Å². The molecule has 0 aromatic heterocycles. The summed E-state index contributed by atoms with van der Waals surface area (Å²) in [7, 11) is 2.21. The van der Waals surface area contributed by atoms with E-state index in [1.807, 2.05) is 0 Å². The predicted molar refractivity (Wildman–Crippen MR) is 80.1 cm³/mol. The summed E-state index contributed by atoms with van der Waals surface area (Å²) in [5.41, 5.74) is 0. The molecule has 0 aromatic rings. The summed E-state index contributed by atoms with van der Waals surface area (Å²) in [6, 6.07) is 2.05. The third kappa shape index (κ3) is 6.72. The lowest BCUT2D eigenvalue weighted by atomic mass is 9.99. The number of nitrogens with one attached hydrogen (secondary N) is 2. The van der Waals surface area contributed by atoms with E-state index in [-0.39, 0.29) is 0 Å². The Morgan fingerprint density at radius 2 is 2.06 bits per heavy atom. The lowest BCUT2D eigenvalue weighted by Gasteiger charge is -2.27. The van der Waals surface area contributed by atoms with Crippen LogP contribution in [-0.4, -0.2) is 49.7 Å². The van der Waals surface area contributed by atoms with Crippen molar-refractivity contribution in [2.45, 2.75) is 71.0 Å². The Kier molecular flexibility index (Phi) is 7.87. The van der Waals surface area contributed by atoms with Crippen LogP contribution in [-0.2, 0) is 0 Å². The van der Waals surface area contributed by atoms with Crippen LogP contribution in [0.2, 0.25) is 0 Å². The summed E-state index contributed by atoms with van der Waals surface area (Å²) in [6.45, 7) is 10.4. The predicted octanol–water partition coefficient (Wildman–Crippen LogP) is 2.23. The van der Waals surface area contributed by atoms with Gasteiger partial charge in [-0.1, -0.05) is 6.42 Å². The van der Waals surface area contributed by atoms with Gasteiger partial charge in [-0.25, -0.2) is 0 Å². The quantitative estimate of drug-likeness (QED) is 0.651. The summed E-state index contributed by atoms with van der Waals surface area (Å²) in [6.07, 6.45) is 6.66. The highest BCUT2D eigenvalue weighted by atomic mass is 15.1. The molecule has 0 aliphatic carbocycles. The highest BCUT2D eigenvalue weighted by Crippen LogP contribution is 2.11. The normalized spacial score (nSPS) is 22.7. The SMILES string of the molecule is CC(CC1CCCCN1)NCCCN(C)C(C)C. The van der Waals surface area contributed by atoms with Crippen molar-refractivity contribution in [1.82, 2.24) is 15.5 Å². The third-order valence-corrected chi connectivity index (χ3v) is 4.11. The molecule has 1 rings (SSSR count). The molecular formula is C15H33N3. The molecule has 3 nitrogen and oxygen atoms in total. The molecule has 108 valence electrons. The monoisotopic (exact) mass is 255 g/mol. The largest absolute Gasteiger partial charge is 0.314 e. The number of hydrogen-bond acceptors (Lipinski definition) is 3. The average molecular weight is 255 g/mol. The van der Waals surface area contributed by atoms with E-state index in [2.05, 4.69) is 43.4 Å². The van der Waals surface area contributed by atoms with E-state index in [0.29, 0.717) is 12.1 Å². The first-order chi connectivity index (χ1) is 8.59. The lowest BCUT2D eigenvalue weighted by molar-refractivity contribution is 0.266. The zero-order valence-electron chi connectivity index (χ0n) is 12.8. The van der Waals surface area contributed by atoms with Gasteiger partial charge in [0.1, 0.15) is 0 Å². The fourth-order valence-electron chi connectivity index (χ4n) is 2.57. The lowest BCUT2D eigenvalue weighted by Crippen LogP contribution is -2.40. The molecule has 0 bridgehead atoms. The zero-order chi connectivity index (χ0) is 13.4. The summed E-state index contributed by atoms with van der Waals surface area (Å²) >= 11 is 0. The van der Waals surface area contributed by atoms with Gasteiger partial charge in [0, 0.05) is 18.1 Å². The van der Waals surface area contributed by atoms with Crippen molar-refractivity contribution in [3.8, 4) is 0 Å². The molecule has 1 aliphatic rings. The maximum absolute atomic E-state index is 3.66. The van der Waals surface area contributed by atoms with Crippen LogP contribution < -0.4 is 10.6 Å². The molecule has 2 unspecified atom stereocenters. The Morgan fingerprint density at radius 1 is 1.28 bits per heavy atom. The van der Waals surface area contributed by atoms with Crippen LogP contribution in [0.3, 0.4) is 0 Å². The van der Waals surface area contributed by atoms with Crippen LogP contribution in [0.1, 0.15) is 52.9 Å². The highest BCUT2D eigenvalue weighted by Gasteiger charge is 2.15. The van der Waals surface area contributed by atoms with Crippen molar-refractivity contribution >= 4 is 0 Å². The fraction of sp³-hybridized carbons (Fsp3) is 1.00. The van der Waals surface area contributed by atoms with E-state index < -0.39 is 0 Å². The second kappa shape index (κ2) is 8.89. The smallest absolute Gasteiger partial charge is 0.00817 e. The molecule has 0 radical (unpaired) electrons. The molecule has 1 heterocycles. The van der Waals surface area contributed by atoms with Crippen LogP contribution in [0.5, 0.6) is 0 Å². The second-order valence-electron chi connectivity index (χ2n) is 6.17. The van der Waals surface area contributed by atoms with Gasteiger partial charge >= 0.3 is 0 Å². The van der Waals surface area contributed by atoms with E-state index in [0.717, 1.165) is 12.6 Å². The topological polar surface area (TPSA) is 27.3 Å². The molecule has 18 heavy (non-hydrogen) atoms. The summed E-state index contributed by atoms with van der Waals surface area (Å²) in [5.74, 6) is 0. The van der Waals surface area contributed by atoms with Gasteiger partial charge in [0.25, 0.3) is 0 Å². The van der Waals surface area contributed by atoms with E-state index >= 15 is 0 Å². The van der Waals surface area contributed by atoms with Crippen molar-refractivity contribution in [1.29, 1.82) is 0 Å². The first-order valence-corrected chi connectivity index (χ1v) is 7.76. The fourth-order valence-corrected chi connectivity index (χ4v) is 2.57. The van der Waals surface area contributed by atoms with Crippen molar-refractivity contribution in [2.75, 3.05) is 26.7 Å². The Hall–Kier alpha value is -0.120. The number of hydrogen-bond donors (Lipinski definition) is 2. The van der Waals surface area contributed by atoms with Crippen LogP contribution in [0, 0.1) is 0 Å². The van der Waals surface area contributed by atoms with Crippen molar-refractivity contribution in [3.05, 3.63) is 0 Å². The summed E-state index contributed by atoms with van der Waals surface area (Å²) in [5, 5.41) is 7.28. The Bertz CT molecular complexity index is 200. The first-order valence-electron chi connectivity index (χ1n) is 7.76. The van der Waals surface area contributed by atoms with E-state index in [9.17, 15) is 0 Å². The third-order valence-electron chi connectivity index (χ3n) is 4.11. The molecule has 2 N–H and O–H groups in total. The summed E-state index contributed by atoms with van der Waals surface area (Å²) < 4.78 is 0. The summed E-state index contributed by atoms with van der Waals surface area (Å²) in [4.78, 5) is 2.41.